The minimum Gasteiger partial charge on any atom is -0.255 e. The van der Waals surface area contributed by atoms with Crippen LogP contribution >= 0.6 is 0 Å². The van der Waals surface area contributed by atoms with Gasteiger partial charge < -0.3 is 0 Å². The number of rotatable bonds is 3. The van der Waals surface area contributed by atoms with Gasteiger partial charge in [-0.05, 0) is 18.2 Å². The molecule has 0 N–H and O–H groups in total. The van der Waals surface area contributed by atoms with E-state index >= 15 is 0 Å². The Kier molecular flexibility index (Phi) is 3.19. The summed E-state index contributed by atoms with van der Waals surface area (Å²) in [6.45, 7) is 0. The zero-order valence-corrected chi connectivity index (χ0v) is 8.67. The number of pyridine rings is 1. The molecule has 0 aliphatic heterocycles. The second kappa shape index (κ2) is 4.99. The largest absolute Gasteiger partial charge is 0.255 e. The fraction of sp³-hybridized carbons (Fsp3) is 0.167. The van der Waals surface area contributed by atoms with E-state index in [1.165, 1.54) is 0 Å². The van der Waals surface area contributed by atoms with Crippen molar-refractivity contribution in [2.24, 2.45) is 0 Å². The van der Waals surface area contributed by atoms with Crippen LogP contribution < -0.4 is 0 Å². The maximum Gasteiger partial charge on any atom is 0.130 e. The molecule has 2 heterocycles. The number of nitriles is 1. The number of aryl methyl sites for hydroxylation is 1. The van der Waals surface area contributed by atoms with Crippen LogP contribution in [0.3, 0.4) is 0 Å². The van der Waals surface area contributed by atoms with Crippen molar-refractivity contribution < 1.29 is 0 Å². The van der Waals surface area contributed by atoms with Gasteiger partial charge in [0.25, 0.3) is 0 Å². The van der Waals surface area contributed by atoms with Crippen LogP contribution in [0.1, 0.15) is 12.2 Å². The second-order valence-electron chi connectivity index (χ2n) is 3.23. The van der Waals surface area contributed by atoms with Gasteiger partial charge in [0, 0.05) is 25.2 Å². The predicted octanol–water partition coefficient (Wildman–Crippen LogP) is 1.99. The third kappa shape index (κ3) is 2.39. The van der Waals surface area contributed by atoms with Crippen molar-refractivity contribution in [3.63, 3.8) is 0 Å². The first kappa shape index (κ1) is 10.2. The van der Waals surface area contributed by atoms with Crippen molar-refractivity contribution in [3.05, 3.63) is 42.5 Å². The first-order valence-corrected chi connectivity index (χ1v) is 5.00. The third-order valence-corrected chi connectivity index (χ3v) is 2.09. The Morgan fingerprint density at radius 1 is 1.06 bits per heavy atom. The zero-order chi connectivity index (χ0) is 11.2. The Morgan fingerprint density at radius 3 is 2.75 bits per heavy atom. The van der Waals surface area contributed by atoms with Crippen LogP contribution in [0.5, 0.6) is 0 Å². The Hall–Kier alpha value is -2.28. The van der Waals surface area contributed by atoms with Gasteiger partial charge >= 0.3 is 0 Å². The first-order valence-electron chi connectivity index (χ1n) is 5.00. The molecule has 0 saturated heterocycles. The third-order valence-electron chi connectivity index (χ3n) is 2.09. The molecule has 0 radical (unpaired) electrons. The minimum absolute atomic E-state index is 0.436. The van der Waals surface area contributed by atoms with Gasteiger partial charge in [0.15, 0.2) is 0 Å². The Balaban J connectivity index is 2.26. The van der Waals surface area contributed by atoms with Gasteiger partial charge in [0.1, 0.15) is 5.82 Å². The van der Waals surface area contributed by atoms with E-state index in [2.05, 4.69) is 21.0 Å². The molecule has 4 nitrogen and oxygen atoms in total. The molecule has 0 atom stereocenters. The zero-order valence-electron chi connectivity index (χ0n) is 8.67. The lowest BCUT2D eigenvalue weighted by molar-refractivity contribution is 0.885. The van der Waals surface area contributed by atoms with Gasteiger partial charge in [-0.15, -0.1) is 0 Å². The van der Waals surface area contributed by atoms with Crippen LogP contribution in [-0.4, -0.2) is 15.0 Å². The van der Waals surface area contributed by atoms with E-state index < -0.39 is 0 Å². The molecule has 0 aliphatic carbocycles. The molecule has 0 aliphatic rings. The SMILES string of the molecule is N#CCCc1nccc(-c2ccccn2)n1. The quantitative estimate of drug-likeness (QED) is 0.777. The van der Waals surface area contributed by atoms with Gasteiger partial charge in [-0.2, -0.15) is 5.26 Å². The smallest absolute Gasteiger partial charge is 0.130 e. The maximum atomic E-state index is 8.50. The lowest BCUT2D eigenvalue weighted by Gasteiger charge is -2.01. The molecule has 0 bridgehead atoms. The topological polar surface area (TPSA) is 62.5 Å². The van der Waals surface area contributed by atoms with E-state index in [1.807, 2.05) is 24.3 Å². The molecule has 16 heavy (non-hydrogen) atoms. The minimum atomic E-state index is 0.436. The van der Waals surface area contributed by atoms with Crippen LogP contribution in [0.2, 0.25) is 0 Å². The molecule has 0 unspecified atom stereocenters. The van der Waals surface area contributed by atoms with Crippen LogP contribution in [0.15, 0.2) is 36.7 Å². The maximum absolute atomic E-state index is 8.50. The fourth-order valence-corrected chi connectivity index (χ4v) is 1.34. The van der Waals surface area contributed by atoms with Gasteiger partial charge in [0.2, 0.25) is 0 Å². The normalized spacial score (nSPS) is 9.69. The second-order valence-corrected chi connectivity index (χ2v) is 3.23. The fourth-order valence-electron chi connectivity index (χ4n) is 1.34. The number of hydrogen-bond donors (Lipinski definition) is 0. The lowest BCUT2D eigenvalue weighted by atomic mass is 10.2. The van der Waals surface area contributed by atoms with E-state index in [0.717, 1.165) is 11.4 Å². The van der Waals surface area contributed by atoms with Crippen molar-refractivity contribution in [2.75, 3.05) is 0 Å². The lowest BCUT2D eigenvalue weighted by Crippen LogP contribution is -1.96. The molecular weight excluding hydrogens is 200 g/mol. The molecule has 0 amide bonds. The van der Waals surface area contributed by atoms with Crippen molar-refractivity contribution >= 4 is 0 Å². The molecule has 0 spiro atoms. The summed E-state index contributed by atoms with van der Waals surface area (Å²) in [5, 5.41) is 8.50. The molecule has 2 aromatic heterocycles. The van der Waals surface area contributed by atoms with Gasteiger partial charge in [0.05, 0.1) is 17.5 Å². The monoisotopic (exact) mass is 210 g/mol. The van der Waals surface area contributed by atoms with E-state index in [-0.39, 0.29) is 0 Å². The van der Waals surface area contributed by atoms with Crippen molar-refractivity contribution in [1.82, 2.24) is 15.0 Å². The molecule has 0 saturated carbocycles. The van der Waals surface area contributed by atoms with Crippen LogP contribution in [0, 0.1) is 11.3 Å². The molecule has 0 fully saturated rings. The Labute approximate surface area is 93.6 Å². The van der Waals surface area contributed by atoms with Crippen molar-refractivity contribution in [2.45, 2.75) is 12.8 Å². The molecule has 2 rings (SSSR count). The van der Waals surface area contributed by atoms with E-state index in [9.17, 15) is 0 Å². The highest BCUT2D eigenvalue weighted by molar-refractivity contribution is 5.52. The summed E-state index contributed by atoms with van der Waals surface area (Å²) in [6, 6.07) is 9.58. The van der Waals surface area contributed by atoms with Gasteiger partial charge in [-0.3, -0.25) is 4.98 Å². The van der Waals surface area contributed by atoms with E-state index in [0.29, 0.717) is 18.7 Å². The summed E-state index contributed by atoms with van der Waals surface area (Å²) in [6.07, 6.45) is 4.44. The average molecular weight is 210 g/mol. The summed E-state index contributed by atoms with van der Waals surface area (Å²) in [4.78, 5) is 12.7. The average Bonchev–Trinajstić information content (AvgIpc) is 2.38. The summed E-state index contributed by atoms with van der Waals surface area (Å²) in [7, 11) is 0. The number of aromatic nitrogens is 3. The van der Waals surface area contributed by atoms with Gasteiger partial charge in [-0.1, -0.05) is 6.07 Å². The van der Waals surface area contributed by atoms with Crippen molar-refractivity contribution in [1.29, 1.82) is 5.26 Å². The van der Waals surface area contributed by atoms with Crippen LogP contribution in [0.4, 0.5) is 0 Å². The highest BCUT2D eigenvalue weighted by Crippen LogP contribution is 2.12. The van der Waals surface area contributed by atoms with Crippen molar-refractivity contribution in [3.8, 4) is 17.5 Å². The molecular formula is C12H10N4. The molecule has 78 valence electrons. The van der Waals surface area contributed by atoms with Gasteiger partial charge in [-0.25, -0.2) is 9.97 Å². The standard InChI is InChI=1S/C12H10N4/c13-7-3-5-12-15-9-6-11(16-12)10-4-1-2-8-14-10/h1-2,4,6,8-9H,3,5H2. The highest BCUT2D eigenvalue weighted by Gasteiger charge is 2.02. The highest BCUT2D eigenvalue weighted by atomic mass is 14.9. The molecule has 4 heteroatoms. The predicted molar refractivity (Wildman–Crippen MR) is 59.2 cm³/mol. The summed E-state index contributed by atoms with van der Waals surface area (Å²) >= 11 is 0. The van der Waals surface area contributed by atoms with Crippen LogP contribution in [-0.2, 0) is 6.42 Å². The summed E-state index contributed by atoms with van der Waals surface area (Å²) in [5.41, 5.74) is 1.62. The number of nitrogens with zero attached hydrogens (tertiary/aromatic N) is 4. The summed E-state index contributed by atoms with van der Waals surface area (Å²) in [5.74, 6) is 0.685. The van der Waals surface area contributed by atoms with Crippen LogP contribution in [0.25, 0.3) is 11.4 Å². The Bertz CT molecular complexity index is 502. The first-order chi connectivity index (χ1) is 7.90. The molecule has 2 aromatic rings. The summed E-state index contributed by atoms with van der Waals surface area (Å²) < 4.78 is 0. The molecule has 0 aromatic carbocycles. The van der Waals surface area contributed by atoms with E-state index in [4.69, 9.17) is 5.26 Å². The number of hydrogen-bond acceptors (Lipinski definition) is 4. The Morgan fingerprint density at radius 2 is 2.00 bits per heavy atom. The van der Waals surface area contributed by atoms with E-state index in [1.54, 1.807) is 12.4 Å².